The maximum atomic E-state index is 12.0. The topological polar surface area (TPSA) is 66.8 Å². The predicted molar refractivity (Wildman–Crippen MR) is 79.1 cm³/mol. The number of aliphatic carboxylic acids is 1. The number of aryl methyl sites for hydroxylation is 1. The van der Waals surface area contributed by atoms with Crippen LogP contribution in [0.4, 0.5) is 0 Å². The number of amides is 1. The summed E-state index contributed by atoms with van der Waals surface area (Å²) in [5.41, 5.74) is 1.52. The SMILES string of the molecule is Cc1cccc(/C=C/C(=O)O)c1OCC(=O)N(C)C1CC1. The van der Waals surface area contributed by atoms with Crippen molar-refractivity contribution in [2.75, 3.05) is 13.7 Å². The molecule has 21 heavy (non-hydrogen) atoms. The standard InChI is InChI=1S/C16H19NO4/c1-11-4-3-5-12(6-9-15(19)20)16(11)21-10-14(18)17(2)13-7-8-13/h3-6,9,13H,7-8,10H2,1-2H3,(H,19,20)/b9-6+. The summed E-state index contributed by atoms with van der Waals surface area (Å²) < 4.78 is 5.63. The van der Waals surface area contributed by atoms with Gasteiger partial charge in [0.15, 0.2) is 6.61 Å². The van der Waals surface area contributed by atoms with Crippen LogP contribution in [0.1, 0.15) is 24.0 Å². The molecule has 0 aliphatic heterocycles. The molecule has 0 bridgehead atoms. The molecule has 0 aromatic heterocycles. The highest BCUT2D eigenvalue weighted by molar-refractivity contribution is 5.86. The highest BCUT2D eigenvalue weighted by Crippen LogP contribution is 2.27. The van der Waals surface area contributed by atoms with Crippen LogP contribution in [0.15, 0.2) is 24.3 Å². The van der Waals surface area contributed by atoms with Gasteiger partial charge in [0.1, 0.15) is 5.75 Å². The van der Waals surface area contributed by atoms with Gasteiger partial charge in [-0.2, -0.15) is 0 Å². The summed E-state index contributed by atoms with van der Waals surface area (Å²) in [5.74, 6) is -0.534. The molecule has 1 fully saturated rings. The van der Waals surface area contributed by atoms with Crippen molar-refractivity contribution in [3.63, 3.8) is 0 Å². The van der Waals surface area contributed by atoms with Gasteiger partial charge in [0, 0.05) is 24.7 Å². The number of rotatable bonds is 6. The number of carboxylic acids is 1. The van der Waals surface area contributed by atoms with Crippen molar-refractivity contribution in [3.05, 3.63) is 35.4 Å². The Bertz CT molecular complexity index is 576. The lowest BCUT2D eigenvalue weighted by Crippen LogP contribution is -2.33. The van der Waals surface area contributed by atoms with E-state index in [1.165, 1.54) is 6.08 Å². The van der Waals surface area contributed by atoms with Gasteiger partial charge >= 0.3 is 5.97 Å². The highest BCUT2D eigenvalue weighted by Gasteiger charge is 2.29. The number of ether oxygens (including phenoxy) is 1. The third kappa shape index (κ3) is 4.08. The molecular weight excluding hydrogens is 270 g/mol. The second kappa shape index (κ2) is 6.43. The van der Waals surface area contributed by atoms with Crippen molar-refractivity contribution in [2.24, 2.45) is 0 Å². The number of carbonyl (C=O) groups excluding carboxylic acids is 1. The molecule has 1 amide bonds. The van der Waals surface area contributed by atoms with E-state index < -0.39 is 5.97 Å². The molecule has 2 rings (SSSR count). The van der Waals surface area contributed by atoms with Crippen LogP contribution in [0.25, 0.3) is 6.08 Å². The van der Waals surface area contributed by atoms with Crippen LogP contribution in [0.3, 0.4) is 0 Å². The van der Waals surface area contributed by atoms with Crippen molar-refractivity contribution < 1.29 is 19.4 Å². The summed E-state index contributed by atoms with van der Waals surface area (Å²) in [6, 6.07) is 5.80. The Morgan fingerprint density at radius 2 is 2.14 bits per heavy atom. The first-order valence-electron chi connectivity index (χ1n) is 6.88. The minimum Gasteiger partial charge on any atom is -0.483 e. The molecule has 112 valence electrons. The first kappa shape index (κ1) is 15.1. The smallest absolute Gasteiger partial charge is 0.328 e. The zero-order valence-corrected chi connectivity index (χ0v) is 12.2. The average molecular weight is 289 g/mol. The largest absolute Gasteiger partial charge is 0.483 e. The van der Waals surface area contributed by atoms with Gasteiger partial charge in [-0.15, -0.1) is 0 Å². The van der Waals surface area contributed by atoms with Crippen molar-refractivity contribution in [1.29, 1.82) is 0 Å². The molecule has 1 N–H and O–H groups in total. The van der Waals surface area contributed by atoms with Crippen LogP contribution in [0.5, 0.6) is 5.75 Å². The number of nitrogens with zero attached hydrogens (tertiary/aromatic N) is 1. The van der Waals surface area contributed by atoms with Crippen molar-refractivity contribution in [1.82, 2.24) is 4.90 Å². The number of hydrogen-bond acceptors (Lipinski definition) is 3. The molecule has 1 aliphatic rings. The lowest BCUT2D eigenvalue weighted by atomic mass is 10.1. The van der Waals surface area contributed by atoms with Gasteiger partial charge in [0.25, 0.3) is 5.91 Å². The number of carboxylic acid groups (broad SMARTS) is 1. The van der Waals surface area contributed by atoms with E-state index in [-0.39, 0.29) is 12.5 Å². The van der Waals surface area contributed by atoms with Crippen LogP contribution in [0.2, 0.25) is 0 Å². The molecule has 0 radical (unpaired) electrons. The average Bonchev–Trinajstić information content (AvgIpc) is 3.27. The first-order valence-corrected chi connectivity index (χ1v) is 6.88. The number of para-hydroxylation sites is 1. The first-order chi connectivity index (χ1) is 9.99. The Hall–Kier alpha value is -2.30. The zero-order chi connectivity index (χ0) is 15.4. The fourth-order valence-corrected chi connectivity index (χ4v) is 2.07. The fourth-order valence-electron chi connectivity index (χ4n) is 2.07. The Morgan fingerprint density at radius 3 is 2.76 bits per heavy atom. The maximum absolute atomic E-state index is 12.0. The van der Waals surface area contributed by atoms with E-state index in [4.69, 9.17) is 9.84 Å². The molecule has 1 saturated carbocycles. The lowest BCUT2D eigenvalue weighted by Gasteiger charge is -2.18. The van der Waals surface area contributed by atoms with Crippen molar-refractivity contribution in [3.8, 4) is 5.75 Å². The summed E-state index contributed by atoms with van der Waals surface area (Å²) >= 11 is 0. The van der Waals surface area contributed by atoms with Crippen LogP contribution in [-0.2, 0) is 9.59 Å². The third-order valence-corrected chi connectivity index (χ3v) is 3.48. The zero-order valence-electron chi connectivity index (χ0n) is 12.2. The van der Waals surface area contributed by atoms with Gasteiger partial charge in [0.2, 0.25) is 0 Å². The van der Waals surface area contributed by atoms with Crippen molar-refractivity contribution >= 4 is 18.0 Å². The number of benzene rings is 1. The molecule has 1 aromatic carbocycles. The molecule has 5 heteroatoms. The molecule has 0 atom stereocenters. The Labute approximate surface area is 123 Å². The van der Waals surface area contributed by atoms with E-state index >= 15 is 0 Å². The summed E-state index contributed by atoms with van der Waals surface area (Å²) in [6.07, 6.45) is 4.64. The predicted octanol–water partition coefficient (Wildman–Crippen LogP) is 2.09. The van der Waals surface area contributed by atoms with Crippen LogP contribution in [-0.4, -0.2) is 41.6 Å². The van der Waals surface area contributed by atoms with E-state index in [1.54, 1.807) is 18.0 Å². The molecule has 0 spiro atoms. The lowest BCUT2D eigenvalue weighted by molar-refractivity contribution is -0.133. The molecule has 0 heterocycles. The van der Waals surface area contributed by atoms with Crippen LogP contribution in [0, 0.1) is 6.92 Å². The third-order valence-electron chi connectivity index (χ3n) is 3.48. The van der Waals surface area contributed by atoms with Gasteiger partial charge in [-0.1, -0.05) is 18.2 Å². The minimum absolute atomic E-state index is 0.0359. The van der Waals surface area contributed by atoms with Crippen LogP contribution < -0.4 is 4.74 Å². The van der Waals surface area contributed by atoms with Gasteiger partial charge in [-0.25, -0.2) is 4.79 Å². The number of likely N-dealkylation sites (N-methyl/N-ethyl adjacent to an activating group) is 1. The van der Waals surface area contributed by atoms with Gasteiger partial charge < -0.3 is 14.7 Å². The fraction of sp³-hybridized carbons (Fsp3) is 0.375. The van der Waals surface area contributed by atoms with E-state index in [0.717, 1.165) is 24.5 Å². The second-order valence-electron chi connectivity index (χ2n) is 5.19. The number of carbonyl (C=O) groups is 2. The van der Waals surface area contributed by atoms with Crippen molar-refractivity contribution in [2.45, 2.75) is 25.8 Å². The van der Waals surface area contributed by atoms with E-state index in [9.17, 15) is 9.59 Å². The maximum Gasteiger partial charge on any atom is 0.328 e. The second-order valence-corrected chi connectivity index (χ2v) is 5.19. The summed E-state index contributed by atoms with van der Waals surface area (Å²) in [7, 11) is 1.78. The summed E-state index contributed by atoms with van der Waals surface area (Å²) in [5, 5.41) is 8.71. The molecule has 1 aliphatic carbocycles. The Morgan fingerprint density at radius 1 is 1.43 bits per heavy atom. The van der Waals surface area contributed by atoms with Crippen LogP contribution >= 0.6 is 0 Å². The number of hydrogen-bond donors (Lipinski definition) is 1. The monoisotopic (exact) mass is 289 g/mol. The Kier molecular flexibility index (Phi) is 4.62. The molecular formula is C16H19NO4. The van der Waals surface area contributed by atoms with E-state index in [1.807, 2.05) is 19.1 Å². The van der Waals surface area contributed by atoms with Gasteiger partial charge in [0.05, 0.1) is 0 Å². The highest BCUT2D eigenvalue weighted by atomic mass is 16.5. The quantitative estimate of drug-likeness (QED) is 0.814. The summed E-state index contributed by atoms with van der Waals surface area (Å²) in [6.45, 7) is 1.83. The van der Waals surface area contributed by atoms with Gasteiger partial charge in [-0.3, -0.25) is 4.79 Å². The molecule has 5 nitrogen and oxygen atoms in total. The minimum atomic E-state index is -1.02. The Balaban J connectivity index is 2.07. The van der Waals surface area contributed by atoms with Gasteiger partial charge in [-0.05, 0) is 31.4 Å². The van der Waals surface area contributed by atoms with E-state index in [0.29, 0.717) is 17.4 Å². The molecule has 1 aromatic rings. The summed E-state index contributed by atoms with van der Waals surface area (Å²) in [4.78, 5) is 24.3. The normalized spacial score (nSPS) is 14.2. The molecule has 0 saturated heterocycles. The molecule has 0 unspecified atom stereocenters. The van der Waals surface area contributed by atoms with E-state index in [2.05, 4.69) is 0 Å².